The maximum atomic E-state index is 12.2. The van der Waals surface area contributed by atoms with E-state index in [9.17, 15) is 14.7 Å². The number of nitrogens with one attached hydrogen (secondary N) is 1. The van der Waals surface area contributed by atoms with Crippen LogP contribution in [0.3, 0.4) is 0 Å². The summed E-state index contributed by atoms with van der Waals surface area (Å²) in [5.74, 6) is -0.516. The van der Waals surface area contributed by atoms with E-state index in [-0.39, 0.29) is 11.5 Å². The molecule has 0 saturated carbocycles. The predicted octanol–water partition coefficient (Wildman–Crippen LogP) is 4.55. The van der Waals surface area contributed by atoms with E-state index in [0.29, 0.717) is 17.1 Å². The van der Waals surface area contributed by atoms with E-state index in [1.54, 1.807) is 42.5 Å². The summed E-state index contributed by atoms with van der Waals surface area (Å²) in [7, 11) is 0. The Balaban J connectivity index is 1.59. The molecule has 0 aliphatic carbocycles. The van der Waals surface area contributed by atoms with Crippen LogP contribution in [0, 0.1) is 0 Å². The molecule has 28 heavy (non-hydrogen) atoms. The first-order valence-electron chi connectivity index (χ1n) is 8.50. The first-order valence-corrected chi connectivity index (χ1v) is 8.50. The molecule has 138 valence electrons. The van der Waals surface area contributed by atoms with Gasteiger partial charge in [-0.05, 0) is 36.4 Å². The number of hydrogen-bond acceptors (Lipinski definition) is 4. The second-order valence-corrected chi connectivity index (χ2v) is 6.03. The van der Waals surface area contributed by atoms with Gasteiger partial charge in [-0.3, -0.25) is 4.79 Å². The summed E-state index contributed by atoms with van der Waals surface area (Å²) in [5, 5.41) is 12.7. The van der Waals surface area contributed by atoms with E-state index in [0.717, 1.165) is 11.0 Å². The van der Waals surface area contributed by atoms with Crippen LogP contribution >= 0.6 is 0 Å². The van der Waals surface area contributed by atoms with Gasteiger partial charge in [0.25, 0.3) is 5.91 Å². The standard InChI is InChI=1S/C22H15NO5/c24-21(14-6-2-1-3-7-14)23-17(22(25)26)13-16-10-11-19(27-16)20-12-15-8-4-5-9-18(15)28-20/h1-13H,(H,23,24)(H,25,26). The Labute approximate surface area is 159 Å². The quantitative estimate of drug-likeness (QED) is 0.501. The number of carboxylic acid groups (broad SMARTS) is 1. The maximum absolute atomic E-state index is 12.2. The summed E-state index contributed by atoms with van der Waals surface area (Å²) in [4.78, 5) is 23.7. The molecule has 0 unspecified atom stereocenters. The Bertz CT molecular complexity index is 1150. The zero-order valence-electron chi connectivity index (χ0n) is 14.6. The number of amides is 1. The van der Waals surface area contributed by atoms with Gasteiger partial charge < -0.3 is 19.3 Å². The van der Waals surface area contributed by atoms with Gasteiger partial charge in [-0.25, -0.2) is 4.79 Å². The molecule has 0 spiro atoms. The van der Waals surface area contributed by atoms with Crippen LogP contribution in [0.1, 0.15) is 16.1 Å². The fraction of sp³-hybridized carbons (Fsp3) is 0. The largest absolute Gasteiger partial charge is 0.477 e. The molecular formula is C22H15NO5. The molecule has 0 aliphatic heterocycles. The van der Waals surface area contributed by atoms with Crippen LogP contribution in [0.2, 0.25) is 0 Å². The van der Waals surface area contributed by atoms with E-state index in [1.165, 1.54) is 6.08 Å². The Morgan fingerprint density at radius 2 is 1.61 bits per heavy atom. The number of furan rings is 2. The molecule has 2 N–H and O–H groups in total. The lowest BCUT2D eigenvalue weighted by molar-refractivity contribution is -0.132. The lowest BCUT2D eigenvalue weighted by Gasteiger charge is -2.05. The average molecular weight is 373 g/mol. The van der Waals surface area contributed by atoms with Crippen LogP contribution in [0.5, 0.6) is 0 Å². The second-order valence-electron chi connectivity index (χ2n) is 6.03. The van der Waals surface area contributed by atoms with Crippen LogP contribution in [-0.2, 0) is 4.79 Å². The molecule has 0 bridgehead atoms. The Hall–Kier alpha value is -4.06. The van der Waals surface area contributed by atoms with Crippen molar-refractivity contribution in [2.45, 2.75) is 0 Å². The van der Waals surface area contributed by atoms with Crippen LogP contribution in [0.4, 0.5) is 0 Å². The summed E-state index contributed by atoms with van der Waals surface area (Å²) in [6, 6.07) is 21.1. The van der Waals surface area contributed by atoms with E-state index >= 15 is 0 Å². The highest BCUT2D eigenvalue weighted by Gasteiger charge is 2.15. The van der Waals surface area contributed by atoms with Gasteiger partial charge in [0.1, 0.15) is 17.0 Å². The second kappa shape index (κ2) is 7.28. The smallest absolute Gasteiger partial charge is 0.352 e. The molecule has 0 atom stereocenters. The molecule has 0 aliphatic rings. The molecule has 6 nitrogen and oxygen atoms in total. The topological polar surface area (TPSA) is 92.7 Å². The number of fused-ring (bicyclic) bond motifs is 1. The van der Waals surface area contributed by atoms with Crippen molar-refractivity contribution < 1.29 is 23.5 Å². The zero-order chi connectivity index (χ0) is 19.5. The summed E-state index contributed by atoms with van der Waals surface area (Å²) in [6.45, 7) is 0. The number of carbonyl (C=O) groups is 2. The fourth-order valence-electron chi connectivity index (χ4n) is 2.74. The van der Waals surface area contributed by atoms with Crippen molar-refractivity contribution in [1.82, 2.24) is 5.32 Å². The molecule has 4 rings (SSSR count). The van der Waals surface area contributed by atoms with Crippen LogP contribution in [0.15, 0.2) is 87.3 Å². The third kappa shape index (κ3) is 3.57. The van der Waals surface area contributed by atoms with Crippen LogP contribution in [-0.4, -0.2) is 17.0 Å². The minimum atomic E-state index is -1.27. The van der Waals surface area contributed by atoms with E-state index in [4.69, 9.17) is 8.83 Å². The average Bonchev–Trinajstić information content (AvgIpc) is 3.34. The van der Waals surface area contributed by atoms with Crippen molar-refractivity contribution in [3.05, 3.63) is 89.8 Å². The van der Waals surface area contributed by atoms with Crippen molar-refractivity contribution in [3.63, 3.8) is 0 Å². The van der Waals surface area contributed by atoms with Gasteiger partial charge in [0.05, 0.1) is 0 Å². The van der Waals surface area contributed by atoms with Crippen molar-refractivity contribution >= 4 is 28.9 Å². The van der Waals surface area contributed by atoms with Crippen LogP contribution < -0.4 is 5.32 Å². The number of rotatable bonds is 5. The van der Waals surface area contributed by atoms with Gasteiger partial charge in [0, 0.05) is 17.0 Å². The van der Waals surface area contributed by atoms with E-state index < -0.39 is 11.9 Å². The molecule has 2 aromatic heterocycles. The summed E-state index contributed by atoms with van der Waals surface area (Å²) in [5.41, 5.74) is 0.795. The lowest BCUT2D eigenvalue weighted by atomic mass is 10.2. The highest BCUT2D eigenvalue weighted by Crippen LogP contribution is 2.29. The molecule has 2 heterocycles. The predicted molar refractivity (Wildman–Crippen MR) is 103 cm³/mol. The molecule has 0 saturated heterocycles. The van der Waals surface area contributed by atoms with Gasteiger partial charge in [-0.2, -0.15) is 0 Å². The Kier molecular flexibility index (Phi) is 4.51. The highest BCUT2D eigenvalue weighted by molar-refractivity contribution is 6.02. The number of aliphatic carboxylic acids is 1. The molecule has 0 radical (unpaired) electrons. The van der Waals surface area contributed by atoms with E-state index in [1.807, 2.05) is 30.3 Å². The van der Waals surface area contributed by atoms with E-state index in [2.05, 4.69) is 5.32 Å². The number of hydrogen-bond donors (Lipinski definition) is 2. The van der Waals surface area contributed by atoms with Gasteiger partial charge in [-0.15, -0.1) is 0 Å². The number of benzene rings is 2. The summed E-state index contributed by atoms with van der Waals surface area (Å²) >= 11 is 0. The van der Waals surface area contributed by atoms with Gasteiger partial charge >= 0.3 is 5.97 Å². The number of carbonyl (C=O) groups excluding carboxylic acids is 1. The molecule has 2 aromatic carbocycles. The van der Waals surface area contributed by atoms with Crippen molar-refractivity contribution in [3.8, 4) is 11.5 Å². The third-order valence-corrected chi connectivity index (χ3v) is 4.10. The third-order valence-electron chi connectivity index (χ3n) is 4.10. The zero-order valence-corrected chi connectivity index (χ0v) is 14.6. The summed E-state index contributed by atoms with van der Waals surface area (Å²) < 4.78 is 11.4. The van der Waals surface area contributed by atoms with Gasteiger partial charge in [0.15, 0.2) is 11.5 Å². The lowest BCUT2D eigenvalue weighted by Crippen LogP contribution is -2.27. The van der Waals surface area contributed by atoms with Gasteiger partial charge in [-0.1, -0.05) is 36.4 Å². The Morgan fingerprint density at radius 1 is 0.857 bits per heavy atom. The van der Waals surface area contributed by atoms with Crippen molar-refractivity contribution in [2.75, 3.05) is 0 Å². The first-order chi connectivity index (χ1) is 13.6. The molecule has 0 fully saturated rings. The van der Waals surface area contributed by atoms with Gasteiger partial charge in [0.2, 0.25) is 0 Å². The number of carboxylic acids is 1. The molecule has 1 amide bonds. The van der Waals surface area contributed by atoms with Crippen molar-refractivity contribution in [2.24, 2.45) is 0 Å². The van der Waals surface area contributed by atoms with Crippen LogP contribution in [0.25, 0.3) is 28.6 Å². The molecular weight excluding hydrogens is 358 g/mol. The highest BCUT2D eigenvalue weighted by atomic mass is 16.4. The molecule has 6 heteroatoms. The monoisotopic (exact) mass is 373 g/mol. The summed E-state index contributed by atoms with van der Waals surface area (Å²) in [6.07, 6.45) is 1.26. The SMILES string of the molecule is O=C(O)C(=Cc1ccc(-c2cc3ccccc3o2)o1)NC(=O)c1ccccc1. The van der Waals surface area contributed by atoms with Crippen molar-refractivity contribution in [1.29, 1.82) is 0 Å². The minimum absolute atomic E-state index is 0.279. The first kappa shape index (κ1) is 17.4. The fourth-order valence-corrected chi connectivity index (χ4v) is 2.74. The number of para-hydroxylation sites is 1. The molecule has 4 aromatic rings. The Morgan fingerprint density at radius 3 is 2.36 bits per heavy atom. The normalized spacial score (nSPS) is 11.5. The maximum Gasteiger partial charge on any atom is 0.352 e. The minimum Gasteiger partial charge on any atom is -0.477 e.